The van der Waals surface area contributed by atoms with Gasteiger partial charge in [0, 0.05) is 31.2 Å². The number of rotatable bonds is 7. The number of aliphatic hydroxyl groups excluding tert-OH is 1. The predicted octanol–water partition coefficient (Wildman–Crippen LogP) is 2.59. The lowest BCUT2D eigenvalue weighted by atomic mass is 10.0. The molecule has 0 radical (unpaired) electrons. The molecule has 1 unspecified atom stereocenters. The minimum absolute atomic E-state index is 0.125. The second-order valence-corrected chi connectivity index (χ2v) is 5.80. The first-order chi connectivity index (χ1) is 10.1. The average molecular weight is 298 g/mol. The van der Waals surface area contributed by atoms with Crippen LogP contribution in [0.4, 0.5) is 8.78 Å². The Hall–Kier alpha value is -1.04. The summed E-state index contributed by atoms with van der Waals surface area (Å²) in [5.41, 5.74) is 6.54. The van der Waals surface area contributed by atoms with E-state index in [1.807, 2.05) is 0 Å². The molecule has 0 aliphatic heterocycles. The van der Waals surface area contributed by atoms with Crippen LogP contribution in [0.15, 0.2) is 18.2 Å². The zero-order valence-electron chi connectivity index (χ0n) is 12.3. The van der Waals surface area contributed by atoms with Crippen LogP contribution in [-0.4, -0.2) is 35.7 Å². The quantitative estimate of drug-likeness (QED) is 0.813. The SMILES string of the molecule is NC(CCN(CCO)C1CCCC1)c1cc(F)cc(F)c1. The fraction of sp³-hybridized carbons (Fsp3) is 0.625. The summed E-state index contributed by atoms with van der Waals surface area (Å²) in [6, 6.07) is 3.55. The maximum absolute atomic E-state index is 13.2. The van der Waals surface area contributed by atoms with Gasteiger partial charge in [-0.3, -0.25) is 4.90 Å². The van der Waals surface area contributed by atoms with Crippen LogP contribution >= 0.6 is 0 Å². The van der Waals surface area contributed by atoms with Crippen LogP contribution in [0, 0.1) is 11.6 Å². The normalized spacial score (nSPS) is 17.6. The fourth-order valence-electron chi connectivity index (χ4n) is 3.14. The van der Waals surface area contributed by atoms with E-state index in [0.717, 1.165) is 25.5 Å². The summed E-state index contributed by atoms with van der Waals surface area (Å²) in [5.74, 6) is -1.19. The van der Waals surface area contributed by atoms with Gasteiger partial charge in [-0.05, 0) is 37.0 Å². The number of benzene rings is 1. The molecule has 1 aliphatic carbocycles. The molecular formula is C16H24F2N2O. The lowest BCUT2D eigenvalue weighted by Gasteiger charge is -2.29. The largest absolute Gasteiger partial charge is 0.395 e. The molecule has 0 saturated heterocycles. The van der Waals surface area contributed by atoms with Crippen molar-refractivity contribution in [3.05, 3.63) is 35.4 Å². The zero-order valence-corrected chi connectivity index (χ0v) is 12.3. The lowest BCUT2D eigenvalue weighted by Crippen LogP contribution is -2.37. The van der Waals surface area contributed by atoms with Crippen molar-refractivity contribution < 1.29 is 13.9 Å². The van der Waals surface area contributed by atoms with Gasteiger partial charge in [-0.25, -0.2) is 8.78 Å². The number of nitrogens with zero attached hydrogens (tertiary/aromatic N) is 1. The number of nitrogens with two attached hydrogens (primary N) is 1. The van der Waals surface area contributed by atoms with E-state index < -0.39 is 17.7 Å². The molecule has 21 heavy (non-hydrogen) atoms. The zero-order chi connectivity index (χ0) is 15.2. The third-order valence-corrected chi connectivity index (χ3v) is 4.27. The Kier molecular flexibility index (Phi) is 6.08. The van der Waals surface area contributed by atoms with Crippen molar-refractivity contribution in [3.8, 4) is 0 Å². The summed E-state index contributed by atoms with van der Waals surface area (Å²) in [4.78, 5) is 2.25. The molecule has 0 spiro atoms. The Bertz CT molecular complexity index is 430. The maximum Gasteiger partial charge on any atom is 0.126 e. The average Bonchev–Trinajstić information content (AvgIpc) is 2.96. The highest BCUT2D eigenvalue weighted by atomic mass is 19.1. The van der Waals surface area contributed by atoms with Crippen LogP contribution in [0.3, 0.4) is 0 Å². The minimum atomic E-state index is -0.594. The van der Waals surface area contributed by atoms with Gasteiger partial charge in [0.1, 0.15) is 11.6 Å². The van der Waals surface area contributed by atoms with E-state index in [9.17, 15) is 13.9 Å². The molecule has 0 heterocycles. The van der Waals surface area contributed by atoms with Crippen LogP contribution in [0.1, 0.15) is 43.7 Å². The van der Waals surface area contributed by atoms with Crippen LogP contribution < -0.4 is 5.73 Å². The molecule has 1 fully saturated rings. The van der Waals surface area contributed by atoms with Gasteiger partial charge >= 0.3 is 0 Å². The van der Waals surface area contributed by atoms with E-state index in [-0.39, 0.29) is 6.61 Å². The van der Waals surface area contributed by atoms with E-state index in [4.69, 9.17) is 5.73 Å². The molecule has 0 bridgehead atoms. The van der Waals surface area contributed by atoms with Crippen molar-refractivity contribution in [2.45, 2.75) is 44.2 Å². The Balaban J connectivity index is 1.92. The molecule has 2 rings (SSSR count). The van der Waals surface area contributed by atoms with Gasteiger partial charge in [-0.15, -0.1) is 0 Å². The highest BCUT2D eigenvalue weighted by molar-refractivity contribution is 5.21. The van der Waals surface area contributed by atoms with Gasteiger partial charge in [-0.2, -0.15) is 0 Å². The molecule has 1 saturated carbocycles. The van der Waals surface area contributed by atoms with Gasteiger partial charge in [0.05, 0.1) is 6.61 Å². The third-order valence-electron chi connectivity index (χ3n) is 4.27. The first kappa shape index (κ1) is 16.3. The number of hydrogen-bond donors (Lipinski definition) is 2. The van der Waals surface area contributed by atoms with Crippen molar-refractivity contribution in [1.82, 2.24) is 4.90 Å². The maximum atomic E-state index is 13.2. The lowest BCUT2D eigenvalue weighted by molar-refractivity contribution is 0.147. The van der Waals surface area contributed by atoms with E-state index in [2.05, 4.69) is 4.90 Å². The van der Waals surface area contributed by atoms with Gasteiger partial charge < -0.3 is 10.8 Å². The number of hydrogen-bond acceptors (Lipinski definition) is 3. The van der Waals surface area contributed by atoms with Gasteiger partial charge in [0.15, 0.2) is 0 Å². The van der Waals surface area contributed by atoms with Crippen molar-refractivity contribution in [1.29, 1.82) is 0 Å². The predicted molar refractivity (Wildman–Crippen MR) is 78.8 cm³/mol. The van der Waals surface area contributed by atoms with Crippen LogP contribution in [0.5, 0.6) is 0 Å². The smallest absolute Gasteiger partial charge is 0.126 e. The van der Waals surface area contributed by atoms with Crippen LogP contribution in [0.2, 0.25) is 0 Å². The second-order valence-electron chi connectivity index (χ2n) is 5.80. The van der Waals surface area contributed by atoms with Gasteiger partial charge in [0.2, 0.25) is 0 Å². The molecule has 1 aliphatic rings. The van der Waals surface area contributed by atoms with Crippen molar-refractivity contribution in [2.75, 3.05) is 19.7 Å². The summed E-state index contributed by atoms with van der Waals surface area (Å²) in [6.45, 7) is 1.50. The molecule has 1 atom stereocenters. The molecule has 0 aromatic heterocycles. The number of halogens is 2. The number of aliphatic hydroxyl groups is 1. The molecule has 118 valence electrons. The Morgan fingerprint density at radius 2 is 1.76 bits per heavy atom. The fourth-order valence-corrected chi connectivity index (χ4v) is 3.14. The molecular weight excluding hydrogens is 274 g/mol. The molecule has 1 aromatic rings. The molecule has 3 nitrogen and oxygen atoms in total. The van der Waals surface area contributed by atoms with E-state index in [0.29, 0.717) is 24.6 Å². The van der Waals surface area contributed by atoms with Gasteiger partial charge in [-0.1, -0.05) is 12.8 Å². The first-order valence-electron chi connectivity index (χ1n) is 7.66. The molecule has 3 N–H and O–H groups in total. The molecule has 5 heteroatoms. The van der Waals surface area contributed by atoms with Crippen LogP contribution in [0.25, 0.3) is 0 Å². The summed E-state index contributed by atoms with van der Waals surface area (Å²) in [6.07, 6.45) is 5.40. The first-order valence-corrected chi connectivity index (χ1v) is 7.66. The highest BCUT2D eigenvalue weighted by Gasteiger charge is 2.22. The van der Waals surface area contributed by atoms with Crippen molar-refractivity contribution in [3.63, 3.8) is 0 Å². The van der Waals surface area contributed by atoms with Gasteiger partial charge in [0.25, 0.3) is 0 Å². The second kappa shape index (κ2) is 7.82. The summed E-state index contributed by atoms with van der Waals surface area (Å²) in [7, 11) is 0. The minimum Gasteiger partial charge on any atom is -0.395 e. The summed E-state index contributed by atoms with van der Waals surface area (Å²) in [5, 5.41) is 9.18. The van der Waals surface area contributed by atoms with E-state index in [1.54, 1.807) is 0 Å². The third kappa shape index (κ3) is 4.73. The summed E-state index contributed by atoms with van der Waals surface area (Å²) < 4.78 is 26.4. The van der Waals surface area contributed by atoms with Crippen molar-refractivity contribution in [2.24, 2.45) is 5.73 Å². The highest BCUT2D eigenvalue weighted by Crippen LogP contribution is 2.25. The topological polar surface area (TPSA) is 49.5 Å². The molecule has 0 amide bonds. The van der Waals surface area contributed by atoms with Crippen LogP contribution in [-0.2, 0) is 0 Å². The Morgan fingerprint density at radius 1 is 1.14 bits per heavy atom. The monoisotopic (exact) mass is 298 g/mol. The Morgan fingerprint density at radius 3 is 2.33 bits per heavy atom. The van der Waals surface area contributed by atoms with Crippen molar-refractivity contribution >= 4 is 0 Å². The summed E-state index contributed by atoms with van der Waals surface area (Å²) >= 11 is 0. The standard InChI is InChI=1S/C16H24F2N2O/c17-13-9-12(10-14(18)11-13)16(19)5-6-20(7-8-21)15-3-1-2-4-15/h9-11,15-16,21H,1-8,19H2. The van der Waals surface area contributed by atoms with E-state index in [1.165, 1.54) is 25.0 Å². The van der Waals surface area contributed by atoms with E-state index >= 15 is 0 Å². The Labute approximate surface area is 124 Å². The molecule has 1 aromatic carbocycles.